The normalized spacial score (nSPS) is 22.7. The number of nitrogens with one attached hydrogen (secondary N) is 2. The largest absolute Gasteiger partial charge is 0.385 e. The van der Waals surface area contributed by atoms with Gasteiger partial charge in [-0.3, -0.25) is 9.89 Å². The second-order valence-electron chi connectivity index (χ2n) is 7.56. The first kappa shape index (κ1) is 19.5. The van der Waals surface area contributed by atoms with Gasteiger partial charge in [-0.25, -0.2) is 0 Å². The van der Waals surface area contributed by atoms with Crippen molar-refractivity contribution in [1.82, 2.24) is 15.5 Å². The maximum atomic E-state index is 5.33. The molecule has 1 unspecified atom stereocenters. The highest BCUT2D eigenvalue weighted by molar-refractivity contribution is 5.79. The molecule has 2 fully saturated rings. The fourth-order valence-corrected chi connectivity index (χ4v) is 4.30. The van der Waals surface area contributed by atoms with Crippen molar-refractivity contribution in [3.63, 3.8) is 0 Å². The molecule has 0 aromatic carbocycles. The Hall–Kier alpha value is -0.810. The van der Waals surface area contributed by atoms with Gasteiger partial charge in [-0.1, -0.05) is 19.8 Å². The van der Waals surface area contributed by atoms with Crippen LogP contribution in [0.5, 0.6) is 0 Å². The van der Waals surface area contributed by atoms with E-state index in [9.17, 15) is 0 Å². The smallest absolute Gasteiger partial charge is 0.191 e. The molecule has 0 radical (unpaired) electrons. The van der Waals surface area contributed by atoms with Gasteiger partial charge in [0.1, 0.15) is 0 Å². The van der Waals surface area contributed by atoms with Gasteiger partial charge < -0.3 is 15.4 Å². The summed E-state index contributed by atoms with van der Waals surface area (Å²) in [5.74, 6) is 0.955. The monoisotopic (exact) mass is 338 g/mol. The van der Waals surface area contributed by atoms with Gasteiger partial charge in [-0.05, 0) is 57.0 Å². The minimum atomic E-state index is 0.396. The summed E-state index contributed by atoms with van der Waals surface area (Å²) in [6.45, 7) is 7.66. The molecule has 2 rings (SSSR count). The van der Waals surface area contributed by atoms with Crippen LogP contribution >= 0.6 is 0 Å². The predicted molar refractivity (Wildman–Crippen MR) is 102 cm³/mol. The Morgan fingerprint density at radius 3 is 2.46 bits per heavy atom. The summed E-state index contributed by atoms with van der Waals surface area (Å²) in [4.78, 5) is 7.06. The van der Waals surface area contributed by atoms with Crippen molar-refractivity contribution in [3.8, 4) is 0 Å². The third-order valence-corrected chi connectivity index (χ3v) is 5.99. The van der Waals surface area contributed by atoms with E-state index in [1.54, 1.807) is 7.11 Å². The molecule has 1 saturated heterocycles. The number of ether oxygens (including phenoxy) is 1. The van der Waals surface area contributed by atoms with Crippen molar-refractivity contribution in [1.29, 1.82) is 0 Å². The molecule has 1 atom stereocenters. The van der Waals surface area contributed by atoms with E-state index < -0.39 is 0 Å². The number of hydrogen-bond donors (Lipinski definition) is 2. The average Bonchev–Trinajstić information content (AvgIpc) is 3.29. The van der Waals surface area contributed by atoms with Crippen molar-refractivity contribution >= 4 is 5.96 Å². The van der Waals surface area contributed by atoms with Crippen LogP contribution in [0.15, 0.2) is 4.99 Å². The summed E-state index contributed by atoms with van der Waals surface area (Å²) in [7, 11) is 3.68. The molecule has 0 bridgehead atoms. The molecule has 0 aromatic rings. The quantitative estimate of drug-likeness (QED) is 0.501. The Morgan fingerprint density at radius 1 is 1.17 bits per heavy atom. The Kier molecular flexibility index (Phi) is 8.33. The van der Waals surface area contributed by atoms with E-state index in [-0.39, 0.29) is 0 Å². The molecular formula is C19H38N4O. The lowest BCUT2D eigenvalue weighted by Crippen LogP contribution is -2.48. The lowest BCUT2D eigenvalue weighted by molar-refractivity contribution is 0.138. The molecule has 5 heteroatoms. The van der Waals surface area contributed by atoms with Crippen LogP contribution in [-0.2, 0) is 4.74 Å². The van der Waals surface area contributed by atoms with Gasteiger partial charge >= 0.3 is 0 Å². The second kappa shape index (κ2) is 10.2. The zero-order valence-electron chi connectivity index (χ0n) is 16.1. The van der Waals surface area contributed by atoms with Crippen molar-refractivity contribution in [2.75, 3.05) is 46.9 Å². The van der Waals surface area contributed by atoms with Crippen LogP contribution in [0.25, 0.3) is 0 Å². The standard InChI is InChI=1S/C19H38N4O/c1-4-17(23-12-7-8-13-23)15-21-18(20-2)22-16-19(11-14-24-3)9-5-6-10-19/h17H,4-16H2,1-3H3,(H2,20,21,22). The molecule has 140 valence electrons. The number of guanidine groups is 1. The Bertz CT molecular complexity index is 374. The van der Waals surface area contributed by atoms with Gasteiger partial charge in [-0.15, -0.1) is 0 Å². The van der Waals surface area contributed by atoms with Crippen LogP contribution in [-0.4, -0.2) is 63.8 Å². The van der Waals surface area contributed by atoms with E-state index in [1.165, 1.54) is 58.0 Å². The van der Waals surface area contributed by atoms with Gasteiger partial charge in [0.25, 0.3) is 0 Å². The summed E-state index contributed by atoms with van der Waals surface area (Å²) >= 11 is 0. The zero-order valence-corrected chi connectivity index (χ0v) is 16.1. The Morgan fingerprint density at radius 2 is 1.88 bits per heavy atom. The summed E-state index contributed by atoms with van der Waals surface area (Å²) in [5, 5.41) is 7.16. The maximum Gasteiger partial charge on any atom is 0.191 e. The van der Waals surface area contributed by atoms with Gasteiger partial charge in [0.05, 0.1) is 0 Å². The van der Waals surface area contributed by atoms with E-state index in [1.807, 2.05) is 7.05 Å². The number of hydrogen-bond acceptors (Lipinski definition) is 3. The van der Waals surface area contributed by atoms with E-state index in [0.29, 0.717) is 11.5 Å². The number of methoxy groups -OCH3 is 1. The van der Waals surface area contributed by atoms with Crippen molar-refractivity contribution in [3.05, 3.63) is 0 Å². The van der Waals surface area contributed by atoms with Crippen LogP contribution in [0.2, 0.25) is 0 Å². The summed E-state index contributed by atoms with van der Waals surface area (Å²) in [6, 6.07) is 0.625. The molecule has 0 spiro atoms. The molecular weight excluding hydrogens is 300 g/mol. The summed E-state index contributed by atoms with van der Waals surface area (Å²) in [5.41, 5.74) is 0.396. The average molecular weight is 339 g/mol. The highest BCUT2D eigenvalue weighted by atomic mass is 16.5. The first-order valence-electron chi connectivity index (χ1n) is 9.90. The number of nitrogens with zero attached hydrogens (tertiary/aromatic N) is 2. The topological polar surface area (TPSA) is 48.9 Å². The van der Waals surface area contributed by atoms with Crippen molar-refractivity contribution < 1.29 is 4.74 Å². The van der Waals surface area contributed by atoms with Crippen LogP contribution in [0, 0.1) is 5.41 Å². The number of rotatable bonds is 9. The Labute approximate surface area is 148 Å². The fraction of sp³-hybridized carbons (Fsp3) is 0.947. The van der Waals surface area contributed by atoms with Crippen LogP contribution < -0.4 is 10.6 Å². The van der Waals surface area contributed by atoms with Crippen LogP contribution in [0.1, 0.15) is 58.3 Å². The van der Waals surface area contributed by atoms with E-state index in [4.69, 9.17) is 4.74 Å². The molecule has 0 amide bonds. The van der Waals surface area contributed by atoms with Crippen LogP contribution in [0.4, 0.5) is 0 Å². The van der Waals surface area contributed by atoms with Gasteiger partial charge in [0.2, 0.25) is 0 Å². The Balaban J connectivity index is 1.78. The molecule has 1 saturated carbocycles. The molecule has 0 aromatic heterocycles. The molecule has 2 N–H and O–H groups in total. The first-order valence-corrected chi connectivity index (χ1v) is 9.90. The molecule has 1 aliphatic carbocycles. The lowest BCUT2D eigenvalue weighted by Gasteiger charge is -2.31. The van der Waals surface area contributed by atoms with Crippen molar-refractivity contribution in [2.24, 2.45) is 10.4 Å². The number of aliphatic imine (C=N–C) groups is 1. The predicted octanol–water partition coefficient (Wildman–Crippen LogP) is 2.62. The minimum absolute atomic E-state index is 0.396. The highest BCUT2D eigenvalue weighted by Crippen LogP contribution is 2.40. The SMILES string of the molecule is CCC(CNC(=NC)NCC1(CCOC)CCCC1)N1CCCC1. The van der Waals surface area contributed by atoms with E-state index in [2.05, 4.69) is 27.4 Å². The molecule has 1 aliphatic heterocycles. The maximum absolute atomic E-state index is 5.33. The lowest BCUT2D eigenvalue weighted by atomic mass is 9.83. The van der Waals surface area contributed by atoms with E-state index in [0.717, 1.165) is 32.1 Å². The highest BCUT2D eigenvalue weighted by Gasteiger charge is 2.33. The third kappa shape index (κ3) is 5.62. The zero-order chi connectivity index (χ0) is 17.3. The molecule has 24 heavy (non-hydrogen) atoms. The molecule has 1 heterocycles. The first-order chi connectivity index (χ1) is 11.7. The van der Waals surface area contributed by atoms with Crippen LogP contribution in [0.3, 0.4) is 0 Å². The second-order valence-corrected chi connectivity index (χ2v) is 7.56. The minimum Gasteiger partial charge on any atom is -0.385 e. The number of likely N-dealkylation sites (tertiary alicyclic amines) is 1. The summed E-state index contributed by atoms with van der Waals surface area (Å²) in [6.07, 6.45) is 10.4. The van der Waals surface area contributed by atoms with Crippen molar-refractivity contribution in [2.45, 2.75) is 64.3 Å². The molecule has 5 nitrogen and oxygen atoms in total. The van der Waals surface area contributed by atoms with E-state index >= 15 is 0 Å². The third-order valence-electron chi connectivity index (χ3n) is 5.99. The fourth-order valence-electron chi connectivity index (χ4n) is 4.30. The van der Waals surface area contributed by atoms with Gasteiger partial charge in [0.15, 0.2) is 5.96 Å². The summed E-state index contributed by atoms with van der Waals surface area (Å²) < 4.78 is 5.33. The van der Waals surface area contributed by atoms with Gasteiger partial charge in [-0.2, -0.15) is 0 Å². The molecule has 2 aliphatic rings. The van der Waals surface area contributed by atoms with Gasteiger partial charge in [0, 0.05) is 39.9 Å².